The maximum absolute atomic E-state index is 12.3. The molecule has 2 rings (SSSR count). The smallest absolute Gasteiger partial charge is 0.322 e. The minimum atomic E-state index is -0.605. The first-order chi connectivity index (χ1) is 10.3. The Morgan fingerprint density at radius 2 is 2.14 bits per heavy atom. The summed E-state index contributed by atoms with van der Waals surface area (Å²) in [6.45, 7) is 2.24. The number of likely N-dealkylation sites (tertiary alicyclic amines) is 1. The van der Waals surface area contributed by atoms with Crippen LogP contribution in [0.3, 0.4) is 0 Å². The lowest BCUT2D eigenvalue weighted by atomic mass is 10.1. The lowest BCUT2D eigenvalue weighted by Gasteiger charge is -2.21. The molecule has 0 radical (unpaired) electrons. The molecule has 0 unspecified atom stereocenters. The third kappa shape index (κ3) is 3.18. The number of likely N-dealkylation sites (N-methyl/N-ethyl adjacent to an activating group) is 1. The van der Waals surface area contributed by atoms with Gasteiger partial charge in [-0.1, -0.05) is 6.07 Å². The van der Waals surface area contributed by atoms with Gasteiger partial charge in [0.25, 0.3) is 5.69 Å². The SMILES string of the molecule is Cc1c(NC(=O)N2C[C@H](O)[C@@H](N(C)C)C2)cccc1[N+](=O)[O-]. The summed E-state index contributed by atoms with van der Waals surface area (Å²) in [7, 11) is 3.69. The number of hydrogen-bond acceptors (Lipinski definition) is 5. The van der Waals surface area contributed by atoms with E-state index >= 15 is 0 Å². The molecular weight excluding hydrogens is 288 g/mol. The van der Waals surface area contributed by atoms with E-state index in [2.05, 4.69) is 5.32 Å². The van der Waals surface area contributed by atoms with Gasteiger partial charge in [0.2, 0.25) is 0 Å². The highest BCUT2D eigenvalue weighted by atomic mass is 16.6. The summed E-state index contributed by atoms with van der Waals surface area (Å²) in [5.74, 6) is 0. The van der Waals surface area contributed by atoms with Crippen molar-refractivity contribution in [2.45, 2.75) is 19.1 Å². The second kappa shape index (κ2) is 6.29. The average molecular weight is 308 g/mol. The zero-order valence-corrected chi connectivity index (χ0v) is 12.8. The van der Waals surface area contributed by atoms with Crippen molar-refractivity contribution in [2.24, 2.45) is 0 Å². The fourth-order valence-electron chi connectivity index (χ4n) is 2.59. The van der Waals surface area contributed by atoms with E-state index < -0.39 is 11.0 Å². The van der Waals surface area contributed by atoms with Crippen LogP contribution in [0.5, 0.6) is 0 Å². The Morgan fingerprint density at radius 1 is 1.45 bits per heavy atom. The number of hydrogen-bond donors (Lipinski definition) is 2. The number of amides is 2. The molecule has 0 spiro atoms. The molecule has 1 fully saturated rings. The van der Waals surface area contributed by atoms with Crippen LogP contribution < -0.4 is 5.32 Å². The number of nitrogens with one attached hydrogen (secondary N) is 1. The zero-order chi connectivity index (χ0) is 16.4. The predicted molar refractivity (Wildman–Crippen MR) is 81.9 cm³/mol. The van der Waals surface area contributed by atoms with Gasteiger partial charge in [-0.05, 0) is 27.1 Å². The molecule has 1 heterocycles. The maximum atomic E-state index is 12.3. The van der Waals surface area contributed by atoms with Crippen molar-refractivity contribution in [2.75, 3.05) is 32.5 Å². The number of rotatable bonds is 3. The standard InChI is InChI=1S/C14H20N4O4/c1-9-10(5-4-6-11(9)18(21)22)15-14(20)17-7-12(16(2)3)13(19)8-17/h4-6,12-13,19H,7-8H2,1-3H3,(H,15,20)/t12-,13-/m0/s1. The van der Waals surface area contributed by atoms with E-state index in [1.165, 1.54) is 17.0 Å². The molecule has 1 aliphatic heterocycles. The molecule has 8 nitrogen and oxygen atoms in total. The number of aliphatic hydroxyl groups excluding tert-OH is 1. The molecule has 0 aromatic heterocycles. The van der Waals surface area contributed by atoms with E-state index in [1.54, 1.807) is 13.0 Å². The van der Waals surface area contributed by atoms with Gasteiger partial charge in [-0.3, -0.25) is 10.1 Å². The summed E-state index contributed by atoms with van der Waals surface area (Å²) >= 11 is 0. The average Bonchev–Trinajstić information content (AvgIpc) is 2.83. The van der Waals surface area contributed by atoms with E-state index in [-0.39, 0.29) is 24.3 Å². The molecule has 0 saturated carbocycles. The van der Waals surface area contributed by atoms with Crippen molar-refractivity contribution in [1.29, 1.82) is 0 Å². The van der Waals surface area contributed by atoms with Crippen LogP contribution in [0.15, 0.2) is 18.2 Å². The fraction of sp³-hybridized carbons (Fsp3) is 0.500. The lowest BCUT2D eigenvalue weighted by Crippen LogP contribution is -2.38. The summed E-state index contributed by atoms with van der Waals surface area (Å²) in [6, 6.07) is 4.06. The van der Waals surface area contributed by atoms with Crippen molar-refractivity contribution in [1.82, 2.24) is 9.80 Å². The number of anilines is 1. The Bertz CT molecular complexity index is 590. The van der Waals surface area contributed by atoms with E-state index in [9.17, 15) is 20.0 Å². The molecule has 0 aliphatic carbocycles. The van der Waals surface area contributed by atoms with Crippen molar-refractivity contribution in [3.05, 3.63) is 33.9 Å². The summed E-state index contributed by atoms with van der Waals surface area (Å²) in [5, 5.41) is 23.6. The van der Waals surface area contributed by atoms with Crippen molar-refractivity contribution in [3.8, 4) is 0 Å². The Kier molecular flexibility index (Phi) is 4.62. The second-order valence-corrected chi connectivity index (χ2v) is 5.64. The quantitative estimate of drug-likeness (QED) is 0.642. The van der Waals surface area contributed by atoms with E-state index in [0.29, 0.717) is 17.8 Å². The number of nitrogens with zero attached hydrogens (tertiary/aromatic N) is 3. The number of nitro benzene ring substituents is 1. The molecule has 120 valence electrons. The van der Waals surface area contributed by atoms with Gasteiger partial charge in [0.05, 0.1) is 34.9 Å². The normalized spacial score (nSPS) is 21.2. The van der Waals surface area contributed by atoms with Crippen LogP contribution in [0.25, 0.3) is 0 Å². The summed E-state index contributed by atoms with van der Waals surface area (Å²) < 4.78 is 0. The highest BCUT2D eigenvalue weighted by molar-refractivity contribution is 5.91. The summed E-state index contributed by atoms with van der Waals surface area (Å²) in [5.41, 5.74) is 0.775. The number of carbonyl (C=O) groups excluding carboxylic acids is 1. The molecule has 8 heteroatoms. The molecule has 1 aromatic carbocycles. The maximum Gasteiger partial charge on any atom is 0.322 e. The molecule has 1 aromatic rings. The first-order valence-corrected chi connectivity index (χ1v) is 6.95. The Labute approximate surface area is 128 Å². The van der Waals surface area contributed by atoms with Crippen molar-refractivity contribution >= 4 is 17.4 Å². The largest absolute Gasteiger partial charge is 0.390 e. The van der Waals surface area contributed by atoms with Gasteiger partial charge in [-0.25, -0.2) is 4.79 Å². The first kappa shape index (κ1) is 16.2. The van der Waals surface area contributed by atoms with Crippen LogP contribution in [0, 0.1) is 17.0 Å². The minimum absolute atomic E-state index is 0.0366. The first-order valence-electron chi connectivity index (χ1n) is 6.95. The van der Waals surface area contributed by atoms with Gasteiger partial charge < -0.3 is 20.2 Å². The van der Waals surface area contributed by atoms with Gasteiger partial charge in [0.1, 0.15) is 0 Å². The zero-order valence-electron chi connectivity index (χ0n) is 12.8. The molecular formula is C14H20N4O4. The van der Waals surface area contributed by atoms with E-state index in [1.807, 2.05) is 19.0 Å². The number of nitro groups is 1. The predicted octanol–water partition coefficient (Wildman–Crippen LogP) is 1.04. The van der Waals surface area contributed by atoms with E-state index in [4.69, 9.17) is 0 Å². The molecule has 2 atom stereocenters. The van der Waals surface area contributed by atoms with Gasteiger partial charge in [0, 0.05) is 12.6 Å². The molecule has 2 amide bonds. The highest BCUT2D eigenvalue weighted by Gasteiger charge is 2.35. The molecule has 2 N–H and O–H groups in total. The monoisotopic (exact) mass is 308 g/mol. The van der Waals surface area contributed by atoms with Crippen molar-refractivity contribution < 1.29 is 14.8 Å². The summed E-state index contributed by atoms with van der Waals surface area (Å²) in [6.07, 6.45) is -0.605. The van der Waals surface area contributed by atoms with Gasteiger partial charge >= 0.3 is 6.03 Å². The molecule has 1 saturated heterocycles. The number of β-amino-alcohol motifs (C(OH)–C–C–N with tert-alkyl or cyclic N) is 1. The topological polar surface area (TPSA) is 99.0 Å². The lowest BCUT2D eigenvalue weighted by molar-refractivity contribution is -0.385. The number of urea groups is 1. The fourth-order valence-corrected chi connectivity index (χ4v) is 2.59. The third-order valence-corrected chi connectivity index (χ3v) is 3.95. The Morgan fingerprint density at radius 3 is 2.68 bits per heavy atom. The van der Waals surface area contributed by atoms with Gasteiger partial charge in [-0.2, -0.15) is 0 Å². The molecule has 1 aliphatic rings. The van der Waals surface area contributed by atoms with Crippen molar-refractivity contribution in [3.63, 3.8) is 0 Å². The van der Waals surface area contributed by atoms with E-state index in [0.717, 1.165) is 0 Å². The number of carbonyl (C=O) groups is 1. The highest BCUT2D eigenvalue weighted by Crippen LogP contribution is 2.25. The number of benzene rings is 1. The third-order valence-electron chi connectivity index (χ3n) is 3.95. The number of aliphatic hydroxyl groups is 1. The molecule has 22 heavy (non-hydrogen) atoms. The van der Waals surface area contributed by atoms with Crippen LogP contribution in [0.1, 0.15) is 5.56 Å². The van der Waals surface area contributed by atoms with Gasteiger partial charge in [0.15, 0.2) is 0 Å². The van der Waals surface area contributed by atoms with Crippen LogP contribution in [-0.4, -0.2) is 65.2 Å². The van der Waals surface area contributed by atoms with Gasteiger partial charge in [-0.15, -0.1) is 0 Å². The van der Waals surface area contributed by atoms with Crippen LogP contribution in [0.2, 0.25) is 0 Å². The van der Waals surface area contributed by atoms with Crippen LogP contribution >= 0.6 is 0 Å². The summed E-state index contributed by atoms with van der Waals surface area (Å²) in [4.78, 5) is 26.1. The minimum Gasteiger partial charge on any atom is -0.390 e. The molecule has 0 bridgehead atoms. The Hall–Kier alpha value is -2.19. The van der Waals surface area contributed by atoms with Crippen LogP contribution in [0.4, 0.5) is 16.2 Å². The van der Waals surface area contributed by atoms with Crippen LogP contribution in [-0.2, 0) is 0 Å². The second-order valence-electron chi connectivity index (χ2n) is 5.64. The Balaban J connectivity index is 2.11.